The Kier molecular flexibility index (Phi) is 35.4. The number of carboxylic acids is 1. The van der Waals surface area contributed by atoms with E-state index in [1.54, 1.807) is 13.8 Å². The summed E-state index contributed by atoms with van der Waals surface area (Å²) in [4.78, 5) is 188. The Bertz CT molecular complexity index is 2750. The molecule has 38 heteroatoms. The number of amides is 13. The van der Waals surface area contributed by atoms with Crippen molar-refractivity contribution in [3.63, 3.8) is 0 Å². The molecule has 0 saturated heterocycles. The van der Waals surface area contributed by atoms with Gasteiger partial charge in [0.25, 0.3) is 0 Å². The average molecular weight is 1310 g/mol. The number of nitrogens with one attached hydrogen (secondary N) is 11. The third kappa shape index (κ3) is 29.1. The van der Waals surface area contributed by atoms with Crippen molar-refractivity contribution in [1.82, 2.24) is 58.5 Å². The van der Waals surface area contributed by atoms with Crippen LogP contribution >= 0.6 is 0 Å². The average Bonchev–Trinajstić information content (AvgIpc) is 1.79. The number of rotatable bonds is 42. The van der Waals surface area contributed by atoms with E-state index in [9.17, 15) is 103 Å². The number of aliphatic imine (C=N–C) groups is 1. The van der Waals surface area contributed by atoms with Gasteiger partial charge in [-0.15, -0.1) is 0 Å². The number of hydrogen-bond donors (Lipinski definition) is 23. The molecule has 92 heavy (non-hydrogen) atoms. The number of phenolic OH excluding ortho intramolecular Hbond substituents is 1. The first-order valence-electron chi connectivity index (χ1n) is 28.8. The first kappa shape index (κ1) is 80.6. The Balaban J connectivity index is 3.30. The molecule has 0 heterocycles. The van der Waals surface area contributed by atoms with Crippen LogP contribution < -0.4 is 87.2 Å². The number of nitrogens with zero attached hydrogens (tertiary/aromatic N) is 1. The van der Waals surface area contributed by atoms with Crippen LogP contribution in [-0.4, -0.2) is 236 Å². The zero-order valence-electron chi connectivity index (χ0n) is 51.6. The van der Waals surface area contributed by atoms with Gasteiger partial charge in [0.15, 0.2) is 12.0 Å². The summed E-state index contributed by atoms with van der Waals surface area (Å²) in [5.41, 5.74) is 27.4. The van der Waals surface area contributed by atoms with E-state index in [2.05, 4.69) is 58.2 Å². The van der Waals surface area contributed by atoms with Gasteiger partial charge in [-0.3, -0.25) is 67.3 Å². The summed E-state index contributed by atoms with van der Waals surface area (Å²) in [5, 5.41) is 94.5. The third-order valence-electron chi connectivity index (χ3n) is 13.3. The van der Waals surface area contributed by atoms with Crippen molar-refractivity contribution < 1.29 is 103 Å². The number of aliphatic carboxylic acids is 1. The smallest absolute Gasteiger partial charge is 0.328 e. The van der Waals surface area contributed by atoms with Crippen LogP contribution in [0.5, 0.6) is 5.75 Å². The summed E-state index contributed by atoms with van der Waals surface area (Å²) in [6, 6.07) is -15.2. The van der Waals surface area contributed by atoms with Gasteiger partial charge >= 0.3 is 5.97 Å². The quantitative estimate of drug-likeness (QED) is 0.0164. The number of carboxylic acid groups (broad SMARTS) is 1. The number of benzene rings is 1. The van der Waals surface area contributed by atoms with E-state index in [4.69, 9.17) is 28.7 Å². The molecule has 0 aromatic heterocycles. The first-order chi connectivity index (χ1) is 43.0. The lowest BCUT2D eigenvalue weighted by Gasteiger charge is -2.28. The van der Waals surface area contributed by atoms with Gasteiger partial charge in [-0.05, 0) is 69.1 Å². The van der Waals surface area contributed by atoms with Crippen LogP contribution in [0.3, 0.4) is 0 Å². The number of aliphatic hydroxyl groups excluding tert-OH is 5. The predicted octanol–water partition coefficient (Wildman–Crippen LogP) is -11.1. The van der Waals surface area contributed by atoms with Crippen molar-refractivity contribution >= 4 is 88.7 Å². The number of guanidine groups is 1. The SMILES string of the molecule is CC(C)C[C@H](NC(=O)[C@H](Cc1ccc(O)cc1)NC(=O)[C@H](CC(N)=O)NC(=O)[C@H](CO)NC(=O)[C@H](CO)NC(=O)[C@@H](NC(=O)[C@H](CO)NC(=O)[C@H](CCC(N)=O)NC(=O)[C@H](CO)NC(=O)[C@H](C)NC(=O)[C@@H](N)CCCN=C(N)N)C(C)C)C(=O)N[C@H](C(=O)O)[C@@H](C)O. The second-order valence-corrected chi connectivity index (χ2v) is 22.0. The highest BCUT2D eigenvalue weighted by Crippen LogP contribution is 2.14. The van der Waals surface area contributed by atoms with Gasteiger partial charge in [-0.1, -0.05) is 39.8 Å². The minimum Gasteiger partial charge on any atom is -0.508 e. The maximum absolute atomic E-state index is 14.0. The maximum atomic E-state index is 14.0. The summed E-state index contributed by atoms with van der Waals surface area (Å²) in [5.74, 6) is -18.1. The molecule has 13 amide bonds. The van der Waals surface area contributed by atoms with Crippen molar-refractivity contribution in [3.05, 3.63) is 29.8 Å². The van der Waals surface area contributed by atoms with Crippen LogP contribution in [0.25, 0.3) is 0 Å². The Labute approximate surface area is 527 Å². The van der Waals surface area contributed by atoms with Gasteiger partial charge in [-0.2, -0.15) is 0 Å². The zero-order chi connectivity index (χ0) is 70.3. The number of primary amides is 2. The molecule has 0 bridgehead atoms. The molecular formula is C54H89N17O21. The molecule has 38 nitrogen and oxygen atoms in total. The molecule has 0 aliphatic carbocycles. The van der Waals surface area contributed by atoms with Crippen molar-refractivity contribution in [2.75, 3.05) is 33.0 Å². The van der Waals surface area contributed by atoms with Crippen molar-refractivity contribution in [3.8, 4) is 5.75 Å². The molecule has 1 aromatic rings. The summed E-state index contributed by atoms with van der Waals surface area (Å²) in [6.45, 7) is 3.94. The van der Waals surface area contributed by atoms with Crippen LogP contribution in [0.1, 0.15) is 85.6 Å². The van der Waals surface area contributed by atoms with E-state index in [1.807, 2.05) is 5.32 Å². The van der Waals surface area contributed by atoms with Crippen LogP contribution in [0, 0.1) is 11.8 Å². The molecule has 13 atom stereocenters. The molecule has 0 unspecified atom stereocenters. The summed E-state index contributed by atoms with van der Waals surface area (Å²) >= 11 is 0. The molecule has 0 aliphatic heterocycles. The molecule has 1 aromatic carbocycles. The van der Waals surface area contributed by atoms with E-state index in [0.29, 0.717) is 12.0 Å². The van der Waals surface area contributed by atoms with Gasteiger partial charge < -0.3 is 123 Å². The van der Waals surface area contributed by atoms with Crippen LogP contribution in [0.15, 0.2) is 29.3 Å². The summed E-state index contributed by atoms with van der Waals surface area (Å²) in [7, 11) is 0. The second-order valence-electron chi connectivity index (χ2n) is 22.0. The van der Waals surface area contributed by atoms with E-state index in [0.717, 1.165) is 6.92 Å². The number of carbonyl (C=O) groups excluding carboxylic acids is 13. The Hall–Kier alpha value is -9.37. The standard InChI is InChI=1S/C54H89N17O21/c1-23(2)16-31(47(85)71-41(26(6)76)53(91)92)63-45(83)32(17-27-9-11-28(77)12-10-27)64-46(84)33(18-39(57)79)65-49(87)35(20-73)68-50(88)36(21-74)69-52(90)40(24(3)4)70-51(89)37(22-75)67-44(82)30(13-14-38(56)78)62-48(86)34(19-72)66-42(80)25(5)61-43(81)29(55)8-7-15-60-54(58)59/h9-12,23-26,29-37,40-41,72-77H,7-8,13-22,55H2,1-6H3,(H2,56,78)(H2,57,79)(H,61,81)(H,62,86)(H,63,83)(H,64,84)(H,65,87)(H,66,80)(H,67,82)(H,68,88)(H,69,90)(H,70,89)(H,71,85)(H,91,92)(H4,58,59,60)/t25-,26+,29-,30-,31-,32-,33-,34-,35-,36-,37-,40-,41-/m0/s1. The largest absolute Gasteiger partial charge is 0.508 e. The van der Waals surface area contributed by atoms with E-state index >= 15 is 0 Å². The molecule has 0 saturated carbocycles. The minimum atomic E-state index is -2.04. The van der Waals surface area contributed by atoms with Gasteiger partial charge in [0.05, 0.1) is 45.0 Å². The Morgan fingerprint density at radius 1 is 0.467 bits per heavy atom. The molecule has 1 rings (SSSR count). The maximum Gasteiger partial charge on any atom is 0.328 e. The van der Waals surface area contributed by atoms with Crippen LogP contribution in [0.4, 0.5) is 0 Å². The highest BCUT2D eigenvalue weighted by Gasteiger charge is 2.38. The number of aliphatic hydroxyl groups is 5. The predicted molar refractivity (Wildman–Crippen MR) is 321 cm³/mol. The lowest BCUT2D eigenvalue weighted by molar-refractivity contribution is -0.145. The zero-order valence-corrected chi connectivity index (χ0v) is 51.6. The molecule has 28 N–H and O–H groups in total. The molecule has 0 radical (unpaired) electrons. The minimum absolute atomic E-state index is 0.0904. The number of nitrogens with two attached hydrogens (primary N) is 5. The fourth-order valence-electron chi connectivity index (χ4n) is 8.18. The molecule has 0 aliphatic rings. The highest BCUT2D eigenvalue weighted by molar-refractivity contribution is 6.00. The van der Waals surface area contributed by atoms with Gasteiger partial charge in [0.1, 0.15) is 66.2 Å². The highest BCUT2D eigenvalue weighted by atomic mass is 16.4. The molecule has 0 fully saturated rings. The molecular weight excluding hydrogens is 1220 g/mol. The van der Waals surface area contributed by atoms with Crippen molar-refractivity contribution in [2.45, 2.75) is 165 Å². The van der Waals surface area contributed by atoms with Crippen LogP contribution in [0.2, 0.25) is 0 Å². The molecule has 0 spiro atoms. The van der Waals surface area contributed by atoms with Crippen molar-refractivity contribution in [1.29, 1.82) is 0 Å². The van der Waals surface area contributed by atoms with Gasteiger partial charge in [-0.25, -0.2) is 4.79 Å². The normalized spacial score (nSPS) is 15.3. The van der Waals surface area contributed by atoms with E-state index < -0.39 is 213 Å². The lowest BCUT2D eigenvalue weighted by atomic mass is 10.00. The van der Waals surface area contributed by atoms with Crippen LogP contribution in [-0.2, 0) is 73.5 Å². The number of carbonyl (C=O) groups is 14. The summed E-state index contributed by atoms with van der Waals surface area (Å²) in [6.07, 6.45) is -3.69. The lowest BCUT2D eigenvalue weighted by Crippen LogP contribution is -2.62. The summed E-state index contributed by atoms with van der Waals surface area (Å²) < 4.78 is 0. The number of hydrogen-bond acceptors (Lipinski definition) is 22. The van der Waals surface area contributed by atoms with E-state index in [1.165, 1.54) is 45.0 Å². The topological polar surface area (TPSA) is 655 Å². The monoisotopic (exact) mass is 1310 g/mol. The second kappa shape index (κ2) is 40.4. The van der Waals surface area contributed by atoms with Gasteiger partial charge in [0.2, 0.25) is 76.8 Å². The van der Waals surface area contributed by atoms with Crippen molar-refractivity contribution in [2.24, 2.45) is 45.5 Å². The first-order valence-corrected chi connectivity index (χ1v) is 28.8. The fourth-order valence-corrected chi connectivity index (χ4v) is 8.18. The van der Waals surface area contributed by atoms with Gasteiger partial charge in [0, 0.05) is 19.4 Å². The third-order valence-corrected chi connectivity index (χ3v) is 13.3. The number of aromatic hydroxyl groups is 1. The Morgan fingerprint density at radius 2 is 0.870 bits per heavy atom. The Morgan fingerprint density at radius 3 is 1.32 bits per heavy atom. The molecule has 516 valence electrons. The fraction of sp³-hybridized carbons (Fsp3) is 0.611. The van der Waals surface area contributed by atoms with E-state index in [-0.39, 0.29) is 43.4 Å². The number of phenols is 1.